The van der Waals surface area contributed by atoms with Crippen LogP contribution in [0.25, 0.3) is 0 Å². The Balaban J connectivity index is 2.51. The first-order valence-corrected chi connectivity index (χ1v) is 6.12. The zero-order valence-electron chi connectivity index (χ0n) is 10.5. The Hall–Kier alpha value is -0.820. The van der Waals surface area contributed by atoms with E-state index in [2.05, 4.69) is 5.32 Å². The maximum Gasteiger partial charge on any atom is 0.404 e. The van der Waals surface area contributed by atoms with Crippen molar-refractivity contribution in [3.05, 3.63) is 0 Å². The normalized spacial score (nSPS) is 20.7. The summed E-state index contributed by atoms with van der Waals surface area (Å²) >= 11 is 0. The topological polar surface area (TPSA) is 58.4 Å². The Morgan fingerprint density at radius 3 is 2.39 bits per heavy atom. The van der Waals surface area contributed by atoms with Crippen LogP contribution in [-0.4, -0.2) is 48.7 Å². The maximum atomic E-state index is 12.8. The molecule has 1 atom stereocenters. The van der Waals surface area contributed by atoms with Crippen molar-refractivity contribution in [3.8, 4) is 0 Å². The lowest BCUT2D eigenvalue weighted by Gasteiger charge is -2.38. The highest BCUT2D eigenvalue weighted by Gasteiger charge is 2.43. The molecule has 0 radical (unpaired) electrons. The quantitative estimate of drug-likeness (QED) is 0.794. The lowest BCUT2D eigenvalue weighted by atomic mass is 10.0. The molecule has 1 aliphatic rings. The number of amides is 1. The summed E-state index contributed by atoms with van der Waals surface area (Å²) in [5.74, 6) is -0.136. The van der Waals surface area contributed by atoms with Gasteiger partial charge in [0.2, 0.25) is 5.91 Å². The van der Waals surface area contributed by atoms with Crippen molar-refractivity contribution in [2.24, 2.45) is 5.73 Å². The third-order valence-corrected chi connectivity index (χ3v) is 3.20. The number of nitrogens with one attached hydrogen (secondary N) is 1. The van der Waals surface area contributed by atoms with Crippen LogP contribution in [0.2, 0.25) is 0 Å². The highest BCUT2D eigenvalue weighted by atomic mass is 19.4. The van der Waals surface area contributed by atoms with E-state index in [9.17, 15) is 18.0 Å². The van der Waals surface area contributed by atoms with Crippen molar-refractivity contribution < 1.29 is 18.0 Å². The molecular formula is C11H20F3N3O. The smallest absolute Gasteiger partial charge is 0.354 e. The molecule has 1 rings (SSSR count). The summed E-state index contributed by atoms with van der Waals surface area (Å²) in [6.07, 6.45) is -3.21. The number of hydrogen-bond acceptors (Lipinski definition) is 3. The van der Waals surface area contributed by atoms with Gasteiger partial charge in [0.1, 0.15) is 6.04 Å². The van der Waals surface area contributed by atoms with Crippen LogP contribution in [-0.2, 0) is 4.79 Å². The van der Waals surface area contributed by atoms with Crippen LogP contribution in [0.1, 0.15) is 26.2 Å². The van der Waals surface area contributed by atoms with Gasteiger partial charge in [0.15, 0.2) is 0 Å². The van der Waals surface area contributed by atoms with E-state index in [1.54, 1.807) is 0 Å². The van der Waals surface area contributed by atoms with Gasteiger partial charge in [0, 0.05) is 26.1 Å². The Morgan fingerprint density at radius 2 is 2.00 bits per heavy atom. The Labute approximate surface area is 105 Å². The van der Waals surface area contributed by atoms with Gasteiger partial charge in [-0.25, -0.2) is 0 Å². The lowest BCUT2D eigenvalue weighted by Crippen LogP contribution is -2.52. The summed E-state index contributed by atoms with van der Waals surface area (Å²) in [5.41, 5.74) is 5.24. The van der Waals surface area contributed by atoms with Gasteiger partial charge in [-0.15, -0.1) is 0 Å². The minimum Gasteiger partial charge on any atom is -0.354 e. The van der Waals surface area contributed by atoms with E-state index in [0.29, 0.717) is 25.9 Å². The van der Waals surface area contributed by atoms with E-state index >= 15 is 0 Å². The van der Waals surface area contributed by atoms with Crippen molar-refractivity contribution >= 4 is 5.91 Å². The van der Waals surface area contributed by atoms with Crippen LogP contribution in [0.4, 0.5) is 13.2 Å². The molecule has 3 N–H and O–H groups in total. The minimum absolute atomic E-state index is 0.00879. The number of piperidine rings is 1. The van der Waals surface area contributed by atoms with Crippen molar-refractivity contribution in [2.75, 3.05) is 19.6 Å². The highest BCUT2D eigenvalue weighted by Crippen LogP contribution is 2.29. The van der Waals surface area contributed by atoms with Crippen LogP contribution in [0.3, 0.4) is 0 Å². The molecule has 0 aromatic carbocycles. The fraction of sp³-hybridized carbons (Fsp3) is 0.909. The number of carbonyl (C=O) groups excluding carboxylic acids is 1. The third kappa shape index (κ3) is 4.45. The van der Waals surface area contributed by atoms with Gasteiger partial charge < -0.3 is 11.1 Å². The number of alkyl halides is 3. The first-order chi connectivity index (χ1) is 8.34. The summed E-state index contributed by atoms with van der Waals surface area (Å²) in [6, 6.07) is -1.47. The number of hydrogen-bond donors (Lipinski definition) is 2. The zero-order valence-corrected chi connectivity index (χ0v) is 10.5. The number of nitrogens with two attached hydrogens (primary N) is 1. The third-order valence-electron chi connectivity index (χ3n) is 3.20. The van der Waals surface area contributed by atoms with Crippen molar-refractivity contribution in [1.29, 1.82) is 0 Å². The molecule has 0 aromatic heterocycles. The number of nitrogens with zero attached hydrogens (tertiary/aromatic N) is 1. The van der Waals surface area contributed by atoms with E-state index in [0.717, 1.165) is 0 Å². The molecule has 18 heavy (non-hydrogen) atoms. The molecule has 7 heteroatoms. The molecule has 4 nitrogen and oxygen atoms in total. The van der Waals surface area contributed by atoms with Crippen molar-refractivity contribution in [1.82, 2.24) is 10.2 Å². The van der Waals surface area contributed by atoms with Crippen LogP contribution in [0.5, 0.6) is 0 Å². The predicted octanol–water partition coefficient (Wildman–Crippen LogP) is 0.867. The molecule has 106 valence electrons. The Morgan fingerprint density at radius 1 is 1.44 bits per heavy atom. The van der Waals surface area contributed by atoms with Crippen LogP contribution < -0.4 is 11.1 Å². The first kappa shape index (κ1) is 15.2. The van der Waals surface area contributed by atoms with Gasteiger partial charge >= 0.3 is 6.18 Å². The van der Waals surface area contributed by atoms with Gasteiger partial charge in [0.05, 0.1) is 0 Å². The van der Waals surface area contributed by atoms with E-state index in [1.807, 2.05) is 0 Å². The Kier molecular flexibility index (Phi) is 5.40. The summed E-state index contributed by atoms with van der Waals surface area (Å²) in [6.45, 7) is 2.12. The fourth-order valence-electron chi connectivity index (χ4n) is 2.35. The van der Waals surface area contributed by atoms with E-state index < -0.39 is 12.2 Å². The monoisotopic (exact) mass is 267 g/mol. The molecule has 1 aliphatic heterocycles. The fourth-order valence-corrected chi connectivity index (χ4v) is 2.35. The molecule has 0 bridgehead atoms. The SMILES string of the molecule is CC(=O)NC1CCN(C(CCN)C(F)(F)F)CC1. The van der Waals surface area contributed by atoms with Gasteiger partial charge in [-0.3, -0.25) is 9.69 Å². The molecule has 1 saturated heterocycles. The molecule has 1 heterocycles. The van der Waals surface area contributed by atoms with E-state index in [1.165, 1.54) is 11.8 Å². The van der Waals surface area contributed by atoms with Crippen LogP contribution in [0.15, 0.2) is 0 Å². The average Bonchev–Trinajstić information content (AvgIpc) is 2.25. The van der Waals surface area contributed by atoms with Gasteiger partial charge in [-0.1, -0.05) is 0 Å². The molecule has 1 unspecified atom stereocenters. The number of carbonyl (C=O) groups is 1. The predicted molar refractivity (Wildman–Crippen MR) is 61.9 cm³/mol. The largest absolute Gasteiger partial charge is 0.404 e. The molecule has 0 aromatic rings. The lowest BCUT2D eigenvalue weighted by molar-refractivity contribution is -0.187. The van der Waals surface area contributed by atoms with E-state index in [-0.39, 0.29) is 24.9 Å². The molecule has 1 amide bonds. The maximum absolute atomic E-state index is 12.8. The highest BCUT2D eigenvalue weighted by molar-refractivity contribution is 5.73. The van der Waals surface area contributed by atoms with Crippen molar-refractivity contribution in [2.45, 2.75) is 44.4 Å². The van der Waals surface area contributed by atoms with Crippen LogP contribution >= 0.6 is 0 Å². The number of rotatable bonds is 4. The van der Waals surface area contributed by atoms with E-state index in [4.69, 9.17) is 5.73 Å². The van der Waals surface area contributed by atoms with Crippen LogP contribution in [0, 0.1) is 0 Å². The number of halogens is 3. The Bertz CT molecular complexity index is 275. The molecule has 0 saturated carbocycles. The van der Waals surface area contributed by atoms with Gasteiger partial charge in [0.25, 0.3) is 0 Å². The number of likely N-dealkylation sites (tertiary alicyclic amines) is 1. The minimum atomic E-state index is -4.24. The zero-order chi connectivity index (χ0) is 13.8. The van der Waals surface area contributed by atoms with Crippen molar-refractivity contribution in [3.63, 3.8) is 0 Å². The van der Waals surface area contributed by atoms with Gasteiger partial charge in [-0.2, -0.15) is 13.2 Å². The standard InChI is InChI=1S/C11H20F3N3O/c1-8(18)16-9-3-6-17(7-4-9)10(2-5-15)11(12,13)14/h9-10H,2-7,15H2,1H3,(H,16,18). The second kappa shape index (κ2) is 6.38. The molecule has 1 fully saturated rings. The summed E-state index contributed by atoms with van der Waals surface area (Å²) in [7, 11) is 0. The molecular weight excluding hydrogens is 247 g/mol. The van der Waals surface area contributed by atoms with Gasteiger partial charge in [-0.05, 0) is 25.8 Å². The summed E-state index contributed by atoms with van der Waals surface area (Å²) in [5, 5.41) is 2.74. The first-order valence-electron chi connectivity index (χ1n) is 6.12. The summed E-state index contributed by atoms with van der Waals surface area (Å²) in [4.78, 5) is 12.3. The summed E-state index contributed by atoms with van der Waals surface area (Å²) < 4.78 is 38.5. The second-order valence-electron chi connectivity index (χ2n) is 4.65. The molecule has 0 aliphatic carbocycles. The molecule has 0 spiro atoms. The average molecular weight is 267 g/mol. The second-order valence-corrected chi connectivity index (χ2v) is 4.65.